The van der Waals surface area contributed by atoms with Gasteiger partial charge in [0.05, 0.1) is 6.61 Å². The predicted octanol–water partition coefficient (Wildman–Crippen LogP) is 2.96. The van der Waals surface area contributed by atoms with Gasteiger partial charge in [-0.25, -0.2) is 0 Å². The summed E-state index contributed by atoms with van der Waals surface area (Å²) in [5.74, 6) is 0.822. The summed E-state index contributed by atoms with van der Waals surface area (Å²) in [5, 5.41) is 8.92. The van der Waals surface area contributed by atoms with Crippen LogP contribution >= 0.6 is 0 Å². The summed E-state index contributed by atoms with van der Waals surface area (Å²) in [5.41, 5.74) is 0.901. The Morgan fingerprint density at radius 3 is 2.56 bits per heavy atom. The summed E-state index contributed by atoms with van der Waals surface area (Å²) >= 11 is 0. The van der Waals surface area contributed by atoms with E-state index < -0.39 is 0 Å². The predicted molar refractivity (Wildman–Crippen MR) is 73.2 cm³/mol. The summed E-state index contributed by atoms with van der Waals surface area (Å²) in [6.45, 7) is 0.596. The monoisotopic (exact) mass is 247 g/mol. The number of nitrogens with zero attached hydrogens (tertiary/aromatic N) is 1. The van der Waals surface area contributed by atoms with E-state index in [0.717, 1.165) is 11.3 Å². The minimum Gasteiger partial charge on any atom is -0.488 e. The molecule has 0 unspecified atom stereocenters. The van der Waals surface area contributed by atoms with Crippen LogP contribution in [0, 0.1) is 0 Å². The van der Waals surface area contributed by atoms with Crippen LogP contribution in [0.15, 0.2) is 29.3 Å². The van der Waals surface area contributed by atoms with Crippen molar-refractivity contribution in [2.45, 2.75) is 44.8 Å². The van der Waals surface area contributed by atoms with Crippen molar-refractivity contribution in [1.29, 1.82) is 0 Å². The van der Waals surface area contributed by atoms with Gasteiger partial charge in [0.1, 0.15) is 12.4 Å². The van der Waals surface area contributed by atoms with E-state index in [0.29, 0.717) is 12.6 Å². The van der Waals surface area contributed by atoms with Gasteiger partial charge in [-0.1, -0.05) is 31.4 Å². The molecular weight excluding hydrogens is 226 g/mol. The molecule has 0 heterocycles. The first-order valence-electron chi connectivity index (χ1n) is 6.73. The Balaban J connectivity index is 1.71. The number of hydrogen-bond acceptors (Lipinski definition) is 3. The lowest BCUT2D eigenvalue weighted by Gasteiger charge is -2.17. The number of aliphatic hydroxyl groups is 1. The van der Waals surface area contributed by atoms with Crippen molar-refractivity contribution in [1.82, 2.24) is 0 Å². The Morgan fingerprint density at radius 2 is 1.89 bits per heavy atom. The van der Waals surface area contributed by atoms with Crippen LogP contribution in [-0.4, -0.2) is 24.0 Å². The molecule has 1 aromatic rings. The van der Waals surface area contributed by atoms with Crippen molar-refractivity contribution < 1.29 is 9.84 Å². The van der Waals surface area contributed by atoms with Crippen molar-refractivity contribution in [2.24, 2.45) is 4.99 Å². The van der Waals surface area contributed by atoms with E-state index in [-0.39, 0.29) is 6.61 Å². The molecule has 0 saturated heterocycles. The van der Waals surface area contributed by atoms with E-state index in [1.54, 1.807) is 0 Å². The molecule has 1 N–H and O–H groups in total. The highest BCUT2D eigenvalue weighted by atomic mass is 16.5. The van der Waals surface area contributed by atoms with Crippen LogP contribution in [0.2, 0.25) is 0 Å². The van der Waals surface area contributed by atoms with Gasteiger partial charge in [0.15, 0.2) is 0 Å². The third-order valence-electron chi connectivity index (χ3n) is 3.32. The molecule has 1 aliphatic rings. The molecule has 98 valence electrons. The fourth-order valence-electron chi connectivity index (χ4n) is 2.25. The summed E-state index contributed by atoms with van der Waals surface area (Å²) in [6, 6.07) is 8.00. The average Bonchev–Trinajstić information content (AvgIpc) is 2.45. The number of ether oxygens (including phenoxy) is 1. The molecule has 3 heteroatoms. The minimum atomic E-state index is 0.0728. The first-order valence-corrected chi connectivity index (χ1v) is 6.73. The standard InChI is InChI=1S/C15H21NO2/c17-12-13-6-8-15(9-7-13)18-11-10-16-14-4-2-1-3-5-14/h6-10,14,17H,1-5,11-12H2. The molecule has 1 fully saturated rings. The molecule has 0 radical (unpaired) electrons. The average molecular weight is 247 g/mol. The minimum absolute atomic E-state index is 0.0728. The third-order valence-corrected chi connectivity index (χ3v) is 3.32. The molecule has 0 aromatic heterocycles. The van der Waals surface area contributed by atoms with Gasteiger partial charge in [-0.2, -0.15) is 0 Å². The van der Waals surface area contributed by atoms with Crippen LogP contribution in [0.4, 0.5) is 0 Å². The van der Waals surface area contributed by atoms with Crippen LogP contribution < -0.4 is 4.74 Å². The molecule has 0 atom stereocenters. The zero-order valence-electron chi connectivity index (χ0n) is 10.7. The Kier molecular flexibility index (Phi) is 5.21. The first kappa shape index (κ1) is 13.1. The molecule has 0 bridgehead atoms. The maximum absolute atomic E-state index is 8.92. The van der Waals surface area contributed by atoms with E-state index in [1.165, 1.54) is 32.1 Å². The van der Waals surface area contributed by atoms with Crippen LogP contribution in [0.25, 0.3) is 0 Å². The van der Waals surface area contributed by atoms with E-state index in [1.807, 2.05) is 30.5 Å². The number of rotatable bonds is 5. The Labute approximate surface area is 109 Å². The Bertz CT molecular complexity index is 367. The topological polar surface area (TPSA) is 41.8 Å². The quantitative estimate of drug-likeness (QED) is 0.813. The first-order chi connectivity index (χ1) is 8.88. The van der Waals surface area contributed by atoms with E-state index in [2.05, 4.69) is 4.99 Å². The summed E-state index contributed by atoms with van der Waals surface area (Å²) in [6.07, 6.45) is 8.32. The van der Waals surface area contributed by atoms with Crippen LogP contribution in [0.1, 0.15) is 37.7 Å². The lowest BCUT2D eigenvalue weighted by atomic mass is 9.96. The molecule has 1 saturated carbocycles. The summed E-state index contributed by atoms with van der Waals surface area (Å²) < 4.78 is 5.57. The maximum Gasteiger partial charge on any atom is 0.123 e. The van der Waals surface area contributed by atoms with Gasteiger partial charge in [-0.05, 0) is 30.5 Å². The molecule has 18 heavy (non-hydrogen) atoms. The SMILES string of the molecule is OCc1ccc(OCC=NC2CCCCC2)cc1. The van der Waals surface area contributed by atoms with Crippen LogP contribution in [0.3, 0.4) is 0 Å². The molecule has 0 spiro atoms. The zero-order chi connectivity index (χ0) is 12.6. The third kappa shape index (κ3) is 4.15. The van der Waals surface area contributed by atoms with Gasteiger partial charge in [0.25, 0.3) is 0 Å². The maximum atomic E-state index is 8.92. The van der Waals surface area contributed by atoms with E-state index in [4.69, 9.17) is 9.84 Å². The summed E-state index contributed by atoms with van der Waals surface area (Å²) in [4.78, 5) is 4.54. The number of benzene rings is 1. The number of aliphatic hydroxyl groups excluding tert-OH is 1. The highest BCUT2D eigenvalue weighted by Gasteiger charge is 2.10. The van der Waals surface area contributed by atoms with Crippen molar-refractivity contribution in [2.75, 3.05) is 6.61 Å². The molecule has 1 aliphatic carbocycles. The van der Waals surface area contributed by atoms with Gasteiger partial charge in [0, 0.05) is 12.3 Å². The number of hydrogen-bond donors (Lipinski definition) is 1. The number of aliphatic imine (C=N–C) groups is 1. The lowest BCUT2D eigenvalue weighted by Crippen LogP contribution is -2.11. The van der Waals surface area contributed by atoms with Gasteiger partial charge in [-0.3, -0.25) is 4.99 Å². The fourth-order valence-corrected chi connectivity index (χ4v) is 2.25. The molecular formula is C15H21NO2. The molecule has 0 aliphatic heterocycles. The second-order valence-electron chi connectivity index (χ2n) is 4.74. The van der Waals surface area contributed by atoms with Crippen molar-refractivity contribution >= 4 is 6.21 Å². The second-order valence-corrected chi connectivity index (χ2v) is 4.74. The Morgan fingerprint density at radius 1 is 1.17 bits per heavy atom. The van der Waals surface area contributed by atoms with Crippen molar-refractivity contribution in [3.8, 4) is 5.75 Å². The van der Waals surface area contributed by atoms with Gasteiger partial charge in [-0.15, -0.1) is 0 Å². The normalized spacial score (nSPS) is 17.2. The summed E-state index contributed by atoms with van der Waals surface area (Å²) in [7, 11) is 0. The zero-order valence-corrected chi connectivity index (χ0v) is 10.7. The molecule has 0 amide bonds. The second kappa shape index (κ2) is 7.17. The van der Waals surface area contributed by atoms with Crippen molar-refractivity contribution in [3.63, 3.8) is 0 Å². The van der Waals surface area contributed by atoms with Gasteiger partial charge >= 0.3 is 0 Å². The molecule has 3 nitrogen and oxygen atoms in total. The largest absolute Gasteiger partial charge is 0.488 e. The molecule has 1 aromatic carbocycles. The van der Waals surface area contributed by atoms with Gasteiger partial charge in [0.2, 0.25) is 0 Å². The van der Waals surface area contributed by atoms with E-state index >= 15 is 0 Å². The lowest BCUT2D eigenvalue weighted by molar-refractivity contribution is 0.281. The Hall–Kier alpha value is -1.35. The smallest absolute Gasteiger partial charge is 0.123 e. The fraction of sp³-hybridized carbons (Fsp3) is 0.533. The van der Waals surface area contributed by atoms with E-state index in [9.17, 15) is 0 Å². The highest BCUT2D eigenvalue weighted by molar-refractivity contribution is 5.59. The molecule has 2 rings (SSSR count). The van der Waals surface area contributed by atoms with Crippen LogP contribution in [-0.2, 0) is 6.61 Å². The van der Waals surface area contributed by atoms with Crippen LogP contribution in [0.5, 0.6) is 5.75 Å². The van der Waals surface area contributed by atoms with Crippen molar-refractivity contribution in [3.05, 3.63) is 29.8 Å². The van der Waals surface area contributed by atoms with Gasteiger partial charge < -0.3 is 9.84 Å². The highest BCUT2D eigenvalue weighted by Crippen LogP contribution is 2.19.